The number of carbonyl (C=O) groups is 1. The Kier molecular flexibility index (Phi) is 2.20. The molecule has 0 bridgehead atoms. The standard InChI is InChI=1S/C8H13N5O/c1-12-3-2-6(8(12)14)13-5-10-7(4-9)11-13/h5-6H,2-4,9H2,1H3. The van der Waals surface area contributed by atoms with Crippen LogP contribution in [0.2, 0.25) is 0 Å². The number of likely N-dealkylation sites (tertiary alicyclic amines) is 1. The predicted molar refractivity (Wildman–Crippen MR) is 49.2 cm³/mol. The molecule has 1 aliphatic heterocycles. The number of amides is 1. The third-order valence-corrected chi connectivity index (χ3v) is 2.46. The molecule has 1 amide bonds. The third-order valence-electron chi connectivity index (χ3n) is 2.46. The smallest absolute Gasteiger partial charge is 0.247 e. The molecule has 1 aromatic heterocycles. The zero-order chi connectivity index (χ0) is 10.1. The number of aromatic nitrogens is 3. The summed E-state index contributed by atoms with van der Waals surface area (Å²) in [5, 5.41) is 4.13. The monoisotopic (exact) mass is 195 g/mol. The molecule has 2 rings (SSSR count). The highest BCUT2D eigenvalue weighted by molar-refractivity contribution is 5.82. The van der Waals surface area contributed by atoms with Gasteiger partial charge in [-0.15, -0.1) is 0 Å². The Morgan fingerprint density at radius 1 is 1.71 bits per heavy atom. The molecule has 6 nitrogen and oxygen atoms in total. The maximum absolute atomic E-state index is 11.6. The Balaban J connectivity index is 2.19. The van der Waals surface area contributed by atoms with E-state index >= 15 is 0 Å². The second kappa shape index (κ2) is 3.38. The maximum Gasteiger partial charge on any atom is 0.247 e. The summed E-state index contributed by atoms with van der Waals surface area (Å²) in [6.45, 7) is 1.09. The van der Waals surface area contributed by atoms with Crippen molar-refractivity contribution in [2.45, 2.75) is 19.0 Å². The van der Waals surface area contributed by atoms with E-state index in [1.165, 1.54) is 0 Å². The van der Waals surface area contributed by atoms with Crippen molar-refractivity contribution < 1.29 is 4.79 Å². The first-order valence-corrected chi connectivity index (χ1v) is 4.57. The molecule has 1 aliphatic rings. The lowest BCUT2D eigenvalue weighted by molar-refractivity contribution is -0.129. The number of hydrogen-bond donors (Lipinski definition) is 1. The second-order valence-corrected chi connectivity index (χ2v) is 3.41. The molecule has 1 fully saturated rings. The molecule has 14 heavy (non-hydrogen) atoms. The van der Waals surface area contributed by atoms with Crippen molar-refractivity contribution >= 4 is 5.91 Å². The van der Waals surface area contributed by atoms with Crippen LogP contribution in [0.5, 0.6) is 0 Å². The average Bonchev–Trinajstić information content (AvgIpc) is 2.75. The van der Waals surface area contributed by atoms with Gasteiger partial charge < -0.3 is 10.6 Å². The van der Waals surface area contributed by atoms with E-state index < -0.39 is 0 Å². The fourth-order valence-corrected chi connectivity index (χ4v) is 1.60. The van der Waals surface area contributed by atoms with Crippen LogP contribution in [0.4, 0.5) is 0 Å². The molecule has 0 spiro atoms. The highest BCUT2D eigenvalue weighted by atomic mass is 16.2. The van der Waals surface area contributed by atoms with Crippen LogP contribution >= 0.6 is 0 Å². The maximum atomic E-state index is 11.6. The highest BCUT2D eigenvalue weighted by Crippen LogP contribution is 2.20. The summed E-state index contributed by atoms with van der Waals surface area (Å²) in [5.41, 5.74) is 5.39. The Morgan fingerprint density at radius 2 is 2.50 bits per heavy atom. The first kappa shape index (κ1) is 9.14. The van der Waals surface area contributed by atoms with Crippen LogP contribution in [-0.4, -0.2) is 39.2 Å². The Labute approximate surface area is 81.7 Å². The summed E-state index contributed by atoms with van der Waals surface area (Å²) < 4.78 is 1.61. The van der Waals surface area contributed by atoms with Gasteiger partial charge in [0.25, 0.3) is 0 Å². The summed E-state index contributed by atoms with van der Waals surface area (Å²) in [7, 11) is 1.79. The van der Waals surface area contributed by atoms with Crippen LogP contribution in [0.1, 0.15) is 18.3 Å². The first-order valence-electron chi connectivity index (χ1n) is 4.57. The van der Waals surface area contributed by atoms with Gasteiger partial charge in [0.15, 0.2) is 5.82 Å². The van der Waals surface area contributed by atoms with Crippen molar-refractivity contribution in [3.63, 3.8) is 0 Å². The summed E-state index contributed by atoms with van der Waals surface area (Å²) in [5.74, 6) is 0.672. The Hall–Kier alpha value is -1.43. The minimum atomic E-state index is -0.187. The number of carbonyl (C=O) groups excluding carboxylic acids is 1. The molecular formula is C8H13N5O. The lowest BCUT2D eigenvalue weighted by Crippen LogP contribution is -2.24. The van der Waals surface area contributed by atoms with Gasteiger partial charge in [-0.05, 0) is 6.42 Å². The van der Waals surface area contributed by atoms with Crippen LogP contribution in [0.3, 0.4) is 0 Å². The van der Waals surface area contributed by atoms with Gasteiger partial charge in [-0.3, -0.25) is 4.79 Å². The molecule has 0 aliphatic carbocycles. The highest BCUT2D eigenvalue weighted by Gasteiger charge is 2.31. The molecule has 1 unspecified atom stereocenters. The number of hydrogen-bond acceptors (Lipinski definition) is 4. The molecule has 2 N–H and O–H groups in total. The minimum absolute atomic E-state index is 0.0958. The van der Waals surface area contributed by atoms with Crippen LogP contribution in [0.25, 0.3) is 0 Å². The van der Waals surface area contributed by atoms with Gasteiger partial charge in [0.05, 0.1) is 6.54 Å². The van der Waals surface area contributed by atoms with E-state index in [4.69, 9.17) is 5.73 Å². The normalized spacial score (nSPS) is 22.0. The number of nitrogens with zero attached hydrogens (tertiary/aromatic N) is 4. The number of rotatable bonds is 2. The fraction of sp³-hybridized carbons (Fsp3) is 0.625. The van der Waals surface area contributed by atoms with E-state index in [9.17, 15) is 4.79 Å². The van der Waals surface area contributed by atoms with Gasteiger partial charge in [0.1, 0.15) is 12.4 Å². The summed E-state index contributed by atoms with van der Waals surface area (Å²) in [6, 6.07) is -0.187. The molecule has 2 heterocycles. The van der Waals surface area contributed by atoms with Crippen LogP contribution in [0, 0.1) is 0 Å². The van der Waals surface area contributed by atoms with E-state index in [-0.39, 0.29) is 11.9 Å². The van der Waals surface area contributed by atoms with E-state index in [1.54, 1.807) is 23.0 Å². The second-order valence-electron chi connectivity index (χ2n) is 3.41. The van der Waals surface area contributed by atoms with Gasteiger partial charge in [0.2, 0.25) is 5.91 Å². The van der Waals surface area contributed by atoms with Crippen molar-refractivity contribution in [3.05, 3.63) is 12.2 Å². The van der Waals surface area contributed by atoms with Gasteiger partial charge in [0, 0.05) is 13.6 Å². The van der Waals surface area contributed by atoms with Crippen molar-refractivity contribution in [2.24, 2.45) is 5.73 Å². The summed E-state index contributed by atoms with van der Waals surface area (Å²) in [4.78, 5) is 17.3. The lowest BCUT2D eigenvalue weighted by Gasteiger charge is -2.09. The largest absolute Gasteiger partial charge is 0.344 e. The van der Waals surface area contributed by atoms with Gasteiger partial charge in [-0.25, -0.2) is 9.67 Å². The zero-order valence-electron chi connectivity index (χ0n) is 8.05. The Morgan fingerprint density at radius 3 is 3.00 bits per heavy atom. The molecular weight excluding hydrogens is 182 g/mol. The number of likely N-dealkylation sites (N-methyl/N-ethyl adjacent to an activating group) is 1. The molecule has 6 heteroatoms. The minimum Gasteiger partial charge on any atom is -0.344 e. The van der Waals surface area contributed by atoms with Crippen molar-refractivity contribution in [2.75, 3.05) is 13.6 Å². The van der Waals surface area contributed by atoms with Gasteiger partial charge >= 0.3 is 0 Å². The first-order chi connectivity index (χ1) is 6.72. The lowest BCUT2D eigenvalue weighted by atomic mass is 10.3. The Bertz CT molecular complexity index is 347. The van der Waals surface area contributed by atoms with Crippen molar-refractivity contribution in [1.29, 1.82) is 0 Å². The van der Waals surface area contributed by atoms with E-state index in [0.717, 1.165) is 13.0 Å². The topological polar surface area (TPSA) is 77.0 Å². The molecule has 0 aromatic carbocycles. The number of nitrogens with two attached hydrogens (primary N) is 1. The molecule has 0 radical (unpaired) electrons. The fourth-order valence-electron chi connectivity index (χ4n) is 1.60. The van der Waals surface area contributed by atoms with Crippen LogP contribution in [0.15, 0.2) is 6.33 Å². The summed E-state index contributed by atoms with van der Waals surface area (Å²) >= 11 is 0. The van der Waals surface area contributed by atoms with Crippen LogP contribution in [-0.2, 0) is 11.3 Å². The molecule has 1 aromatic rings. The molecule has 1 atom stereocenters. The van der Waals surface area contributed by atoms with Crippen molar-refractivity contribution in [1.82, 2.24) is 19.7 Å². The van der Waals surface area contributed by atoms with E-state index in [2.05, 4.69) is 10.1 Å². The van der Waals surface area contributed by atoms with Crippen LogP contribution < -0.4 is 5.73 Å². The predicted octanol–water partition coefficient (Wildman–Crippen LogP) is -0.860. The quantitative estimate of drug-likeness (QED) is 0.666. The van der Waals surface area contributed by atoms with Crippen molar-refractivity contribution in [3.8, 4) is 0 Å². The molecule has 1 saturated heterocycles. The molecule has 0 saturated carbocycles. The van der Waals surface area contributed by atoms with E-state index in [0.29, 0.717) is 12.4 Å². The summed E-state index contributed by atoms with van der Waals surface area (Å²) in [6.07, 6.45) is 2.37. The molecule has 76 valence electrons. The van der Waals surface area contributed by atoms with Gasteiger partial charge in [-0.1, -0.05) is 0 Å². The van der Waals surface area contributed by atoms with E-state index in [1.807, 2.05) is 0 Å². The zero-order valence-corrected chi connectivity index (χ0v) is 8.05. The SMILES string of the molecule is CN1CCC(n2cnc(CN)n2)C1=O. The average molecular weight is 195 g/mol. The third kappa shape index (κ3) is 1.37. The van der Waals surface area contributed by atoms with Gasteiger partial charge in [-0.2, -0.15) is 5.10 Å².